The van der Waals surface area contributed by atoms with Crippen LogP contribution in [0, 0.1) is 5.82 Å². The third-order valence-corrected chi connectivity index (χ3v) is 4.61. The van der Waals surface area contributed by atoms with E-state index < -0.39 is 0 Å². The summed E-state index contributed by atoms with van der Waals surface area (Å²) in [6.45, 7) is 1.60. The Kier molecular flexibility index (Phi) is 6.13. The molecule has 2 amide bonds. The molecule has 0 aliphatic carbocycles. The molecule has 1 N–H and O–H groups in total. The number of rotatable bonds is 6. The number of hydrogen-bond acceptors (Lipinski definition) is 4. The average Bonchev–Trinajstić information content (AvgIpc) is 3.20. The topological polar surface area (TPSA) is 61.9 Å². The summed E-state index contributed by atoms with van der Waals surface area (Å²) >= 11 is 0. The Hall–Kier alpha value is -3.09. The van der Waals surface area contributed by atoms with Crippen LogP contribution in [-0.2, 0) is 4.79 Å². The normalized spacial score (nSPS) is 13.3. The van der Waals surface area contributed by atoms with Gasteiger partial charge >= 0.3 is 0 Å². The van der Waals surface area contributed by atoms with Crippen LogP contribution in [0.4, 0.5) is 15.8 Å². The third-order valence-electron chi connectivity index (χ3n) is 4.61. The van der Waals surface area contributed by atoms with E-state index in [1.807, 2.05) is 4.90 Å². The van der Waals surface area contributed by atoms with Crippen LogP contribution in [0.2, 0.25) is 0 Å². The molecule has 2 aromatic rings. The van der Waals surface area contributed by atoms with Crippen molar-refractivity contribution < 1.29 is 18.7 Å². The zero-order valence-electron chi connectivity index (χ0n) is 16.1. The highest BCUT2D eigenvalue weighted by molar-refractivity contribution is 6.04. The van der Waals surface area contributed by atoms with E-state index in [-0.39, 0.29) is 24.2 Å². The minimum Gasteiger partial charge on any atom is -0.484 e. The molecule has 0 atom stereocenters. The number of ether oxygens (including phenoxy) is 1. The lowest BCUT2D eigenvalue weighted by atomic mass is 10.2. The number of carbonyl (C=O) groups is 2. The predicted octanol–water partition coefficient (Wildman–Crippen LogP) is 3.15. The summed E-state index contributed by atoms with van der Waals surface area (Å²) < 4.78 is 19.8. The van der Waals surface area contributed by atoms with Crippen molar-refractivity contribution in [2.45, 2.75) is 12.8 Å². The number of likely N-dealkylation sites (N-methyl/N-ethyl adjacent to an activating group) is 1. The van der Waals surface area contributed by atoms with E-state index in [1.54, 1.807) is 50.5 Å². The van der Waals surface area contributed by atoms with Crippen LogP contribution >= 0.6 is 0 Å². The number of anilines is 2. The first-order valence-electron chi connectivity index (χ1n) is 9.23. The van der Waals surface area contributed by atoms with Gasteiger partial charge in [0, 0.05) is 38.4 Å². The van der Waals surface area contributed by atoms with E-state index in [4.69, 9.17) is 4.74 Å². The van der Waals surface area contributed by atoms with Gasteiger partial charge in [-0.3, -0.25) is 9.59 Å². The maximum atomic E-state index is 14.4. The predicted molar refractivity (Wildman–Crippen MR) is 106 cm³/mol. The molecule has 0 radical (unpaired) electrons. The lowest BCUT2D eigenvalue weighted by Gasteiger charge is -2.19. The summed E-state index contributed by atoms with van der Waals surface area (Å²) in [6.07, 6.45) is 2.13. The molecule has 0 saturated carbocycles. The first-order valence-corrected chi connectivity index (χ1v) is 9.23. The monoisotopic (exact) mass is 385 g/mol. The number of nitrogens with zero attached hydrogens (tertiary/aromatic N) is 2. The molecule has 1 aliphatic heterocycles. The molecule has 1 fully saturated rings. The Morgan fingerprint density at radius 3 is 2.57 bits per heavy atom. The van der Waals surface area contributed by atoms with Gasteiger partial charge in [0.05, 0.1) is 5.69 Å². The zero-order valence-corrected chi connectivity index (χ0v) is 16.1. The summed E-state index contributed by atoms with van der Waals surface area (Å²) in [7, 11) is 3.29. The van der Waals surface area contributed by atoms with Crippen LogP contribution in [0.3, 0.4) is 0 Å². The molecule has 7 heteroatoms. The lowest BCUT2D eigenvalue weighted by Crippen LogP contribution is -2.27. The molecule has 2 aromatic carbocycles. The van der Waals surface area contributed by atoms with Crippen molar-refractivity contribution in [3.63, 3.8) is 0 Å². The van der Waals surface area contributed by atoms with Crippen molar-refractivity contribution in [3.05, 3.63) is 53.8 Å². The Morgan fingerprint density at radius 2 is 1.89 bits per heavy atom. The van der Waals surface area contributed by atoms with Crippen molar-refractivity contribution in [3.8, 4) is 5.75 Å². The van der Waals surface area contributed by atoms with E-state index in [2.05, 4.69) is 5.32 Å². The van der Waals surface area contributed by atoms with E-state index in [1.165, 1.54) is 11.0 Å². The first-order chi connectivity index (χ1) is 13.4. The van der Waals surface area contributed by atoms with Gasteiger partial charge in [0.25, 0.3) is 11.8 Å². The van der Waals surface area contributed by atoms with E-state index in [0.717, 1.165) is 25.9 Å². The van der Waals surface area contributed by atoms with Gasteiger partial charge in [0.1, 0.15) is 11.6 Å². The first kappa shape index (κ1) is 19.7. The maximum absolute atomic E-state index is 14.4. The quantitative estimate of drug-likeness (QED) is 0.830. The fourth-order valence-corrected chi connectivity index (χ4v) is 3.00. The second-order valence-electron chi connectivity index (χ2n) is 6.92. The van der Waals surface area contributed by atoms with Crippen molar-refractivity contribution in [1.29, 1.82) is 0 Å². The number of carbonyl (C=O) groups excluding carboxylic acids is 2. The van der Waals surface area contributed by atoms with Gasteiger partial charge in [-0.25, -0.2) is 4.39 Å². The second-order valence-corrected chi connectivity index (χ2v) is 6.92. The maximum Gasteiger partial charge on any atom is 0.259 e. The molecular weight excluding hydrogens is 361 g/mol. The molecular formula is C21H24FN3O3. The number of nitrogens with one attached hydrogen (secondary N) is 1. The smallest absolute Gasteiger partial charge is 0.259 e. The average molecular weight is 385 g/mol. The molecule has 0 unspecified atom stereocenters. The summed E-state index contributed by atoms with van der Waals surface area (Å²) in [5.41, 5.74) is 1.31. The standard InChI is InChI=1S/C21H24FN3O3/c1-24(2)20(26)14-28-17-7-5-6-15(12-17)21(27)23-16-8-9-19(18(22)13-16)25-10-3-4-11-25/h5-9,12-13H,3-4,10-11,14H2,1-2H3,(H,23,27). The van der Waals surface area contributed by atoms with Gasteiger partial charge in [-0.1, -0.05) is 6.07 Å². The Balaban J connectivity index is 1.65. The van der Waals surface area contributed by atoms with E-state index >= 15 is 0 Å². The highest BCUT2D eigenvalue weighted by Crippen LogP contribution is 2.26. The van der Waals surface area contributed by atoms with Gasteiger partial charge in [-0.05, 0) is 49.2 Å². The Morgan fingerprint density at radius 1 is 1.14 bits per heavy atom. The lowest BCUT2D eigenvalue weighted by molar-refractivity contribution is -0.130. The van der Waals surface area contributed by atoms with E-state index in [0.29, 0.717) is 22.7 Å². The third kappa shape index (κ3) is 4.79. The van der Waals surface area contributed by atoms with Gasteiger partial charge in [-0.2, -0.15) is 0 Å². The Labute approximate surface area is 163 Å². The van der Waals surface area contributed by atoms with Crippen molar-refractivity contribution in [1.82, 2.24) is 4.90 Å². The number of hydrogen-bond donors (Lipinski definition) is 1. The van der Waals surface area contributed by atoms with Gasteiger partial charge in [0.15, 0.2) is 6.61 Å². The minimum atomic E-state index is -0.377. The molecule has 0 aromatic heterocycles. The Bertz CT molecular complexity index is 864. The van der Waals surface area contributed by atoms with Crippen molar-refractivity contribution in [2.75, 3.05) is 44.0 Å². The van der Waals surface area contributed by atoms with Crippen LogP contribution < -0.4 is 15.0 Å². The van der Waals surface area contributed by atoms with Gasteiger partial charge in [0.2, 0.25) is 0 Å². The highest BCUT2D eigenvalue weighted by atomic mass is 19.1. The highest BCUT2D eigenvalue weighted by Gasteiger charge is 2.17. The van der Waals surface area contributed by atoms with Crippen LogP contribution in [0.5, 0.6) is 5.75 Å². The molecule has 3 rings (SSSR count). The summed E-state index contributed by atoms with van der Waals surface area (Å²) in [5, 5.41) is 2.70. The molecule has 1 heterocycles. The molecule has 1 saturated heterocycles. The fraction of sp³-hybridized carbons (Fsp3) is 0.333. The molecule has 148 valence electrons. The molecule has 0 bridgehead atoms. The van der Waals surface area contributed by atoms with Crippen LogP contribution in [0.15, 0.2) is 42.5 Å². The van der Waals surface area contributed by atoms with Gasteiger partial charge in [-0.15, -0.1) is 0 Å². The SMILES string of the molecule is CN(C)C(=O)COc1cccc(C(=O)Nc2ccc(N3CCCC3)c(F)c2)c1. The van der Waals surface area contributed by atoms with E-state index in [9.17, 15) is 14.0 Å². The number of amides is 2. The number of halogens is 1. The van der Waals surface area contributed by atoms with Crippen LogP contribution in [0.25, 0.3) is 0 Å². The summed E-state index contributed by atoms with van der Waals surface area (Å²) in [4.78, 5) is 27.5. The zero-order chi connectivity index (χ0) is 20.1. The second kappa shape index (κ2) is 8.73. The summed E-state index contributed by atoms with van der Waals surface area (Å²) in [6, 6.07) is 11.2. The largest absolute Gasteiger partial charge is 0.484 e. The van der Waals surface area contributed by atoms with Crippen LogP contribution in [-0.4, -0.2) is 50.5 Å². The van der Waals surface area contributed by atoms with Gasteiger partial charge < -0.3 is 19.9 Å². The van der Waals surface area contributed by atoms with Crippen molar-refractivity contribution in [2.24, 2.45) is 0 Å². The fourth-order valence-electron chi connectivity index (χ4n) is 3.00. The summed E-state index contributed by atoms with van der Waals surface area (Å²) in [5.74, 6) is -0.487. The number of benzene rings is 2. The van der Waals surface area contributed by atoms with Crippen molar-refractivity contribution >= 4 is 23.2 Å². The van der Waals surface area contributed by atoms with Crippen LogP contribution in [0.1, 0.15) is 23.2 Å². The molecule has 6 nitrogen and oxygen atoms in total. The minimum absolute atomic E-state index is 0.110. The molecule has 28 heavy (non-hydrogen) atoms. The molecule has 0 spiro atoms. The molecule has 1 aliphatic rings.